The van der Waals surface area contributed by atoms with Gasteiger partial charge in [-0.15, -0.1) is 0 Å². The van der Waals surface area contributed by atoms with Crippen LogP contribution in [0.1, 0.15) is 74.1 Å². The van der Waals surface area contributed by atoms with Crippen LogP contribution >= 0.6 is 0 Å². The van der Waals surface area contributed by atoms with Gasteiger partial charge in [-0.05, 0) is 61.4 Å². The van der Waals surface area contributed by atoms with Gasteiger partial charge in [-0.2, -0.15) is 0 Å². The van der Waals surface area contributed by atoms with E-state index in [0.717, 1.165) is 49.8 Å². The number of aryl methyl sites for hydroxylation is 2. The third-order valence-corrected chi connectivity index (χ3v) is 5.46. The van der Waals surface area contributed by atoms with Crippen molar-refractivity contribution >= 4 is 5.97 Å². The molecule has 1 atom stereocenters. The molecule has 0 saturated heterocycles. The molecule has 0 unspecified atom stereocenters. The number of rotatable bonds is 7. The number of esters is 1. The first kappa shape index (κ1) is 18.7. The van der Waals surface area contributed by atoms with Crippen LogP contribution in [0.15, 0.2) is 30.3 Å². The number of unbranched alkanes of at least 4 members (excludes halogenated alkanes) is 2. The van der Waals surface area contributed by atoms with Crippen molar-refractivity contribution in [2.45, 2.75) is 72.1 Å². The van der Waals surface area contributed by atoms with Crippen LogP contribution in [-0.2, 0) is 11.2 Å². The first-order valence-electron chi connectivity index (χ1n) is 10.0. The van der Waals surface area contributed by atoms with E-state index >= 15 is 0 Å². The van der Waals surface area contributed by atoms with E-state index in [-0.39, 0.29) is 11.9 Å². The maximum absolute atomic E-state index is 12.5. The summed E-state index contributed by atoms with van der Waals surface area (Å²) in [6.07, 6.45) is 6.31. The van der Waals surface area contributed by atoms with E-state index in [1.54, 1.807) is 0 Å². The number of carbonyl (C=O) groups is 1. The van der Waals surface area contributed by atoms with Crippen LogP contribution in [0.2, 0.25) is 0 Å². The second-order valence-corrected chi connectivity index (χ2v) is 7.54. The number of hydrogen-bond donors (Lipinski definition) is 0. The molecule has 2 aromatic carbocycles. The van der Waals surface area contributed by atoms with Gasteiger partial charge in [0.25, 0.3) is 0 Å². The van der Waals surface area contributed by atoms with E-state index < -0.39 is 0 Å². The summed E-state index contributed by atoms with van der Waals surface area (Å²) in [7, 11) is 0. The van der Waals surface area contributed by atoms with Gasteiger partial charge in [0.1, 0.15) is 5.75 Å². The highest BCUT2D eigenvalue weighted by Gasteiger charge is 2.35. The number of benzene rings is 2. The Morgan fingerprint density at radius 3 is 2.38 bits per heavy atom. The van der Waals surface area contributed by atoms with E-state index in [2.05, 4.69) is 52.0 Å². The van der Waals surface area contributed by atoms with Gasteiger partial charge < -0.3 is 4.74 Å². The summed E-state index contributed by atoms with van der Waals surface area (Å²) < 4.78 is 5.64. The van der Waals surface area contributed by atoms with E-state index in [0.29, 0.717) is 0 Å². The normalized spacial score (nSPS) is 15.8. The predicted molar refractivity (Wildman–Crippen MR) is 108 cm³/mol. The van der Waals surface area contributed by atoms with Gasteiger partial charge in [-0.3, -0.25) is 4.79 Å². The van der Waals surface area contributed by atoms with Crippen molar-refractivity contribution in [3.63, 3.8) is 0 Å². The summed E-state index contributed by atoms with van der Waals surface area (Å²) >= 11 is 0. The Morgan fingerprint density at radius 2 is 1.69 bits per heavy atom. The van der Waals surface area contributed by atoms with E-state index in [4.69, 9.17) is 4.74 Å². The Morgan fingerprint density at radius 1 is 0.962 bits per heavy atom. The van der Waals surface area contributed by atoms with Gasteiger partial charge in [0, 0.05) is 5.56 Å². The van der Waals surface area contributed by atoms with Gasteiger partial charge in [0.2, 0.25) is 0 Å². The Hall–Kier alpha value is -2.09. The minimum Gasteiger partial charge on any atom is -0.426 e. The molecule has 0 aromatic heterocycles. The second-order valence-electron chi connectivity index (χ2n) is 7.54. The molecule has 1 aliphatic heterocycles. The van der Waals surface area contributed by atoms with Crippen LogP contribution in [-0.4, -0.2) is 5.97 Å². The van der Waals surface area contributed by atoms with Crippen molar-refractivity contribution in [1.29, 1.82) is 0 Å². The maximum atomic E-state index is 12.5. The standard InChI is InChI=1S/C24H30O2/c1-5-7-9-20-19(18-12-11-16(3)15-17(18)4)13-14-22-23(20)21(10-8-6-2)24(25)26-22/h11-15,21H,5-10H2,1-4H3/t21-/m0/s1. The zero-order valence-corrected chi connectivity index (χ0v) is 16.5. The Kier molecular flexibility index (Phi) is 5.80. The van der Waals surface area contributed by atoms with Gasteiger partial charge in [0.05, 0.1) is 5.92 Å². The van der Waals surface area contributed by atoms with E-state index in [1.165, 1.54) is 27.8 Å². The fourth-order valence-electron chi connectivity index (χ4n) is 4.07. The van der Waals surface area contributed by atoms with Crippen molar-refractivity contribution in [2.75, 3.05) is 0 Å². The lowest BCUT2D eigenvalue weighted by molar-refractivity contribution is -0.134. The quantitative estimate of drug-likeness (QED) is 0.420. The van der Waals surface area contributed by atoms with Crippen molar-refractivity contribution < 1.29 is 9.53 Å². The highest BCUT2D eigenvalue weighted by molar-refractivity contribution is 5.89. The Balaban J connectivity index is 2.14. The van der Waals surface area contributed by atoms with Crippen LogP contribution in [0.4, 0.5) is 0 Å². The first-order valence-corrected chi connectivity index (χ1v) is 10.0. The fourth-order valence-corrected chi connectivity index (χ4v) is 4.07. The molecule has 0 aliphatic carbocycles. The fraction of sp³-hybridized carbons (Fsp3) is 0.458. The largest absolute Gasteiger partial charge is 0.426 e. The SMILES string of the molecule is CCCCc1c(-c2ccc(C)cc2C)ccc2c1[C@H](CCCC)C(=O)O2. The third kappa shape index (κ3) is 3.56. The summed E-state index contributed by atoms with van der Waals surface area (Å²) in [4.78, 5) is 12.5. The van der Waals surface area contributed by atoms with Crippen molar-refractivity contribution in [2.24, 2.45) is 0 Å². The number of hydrogen-bond acceptors (Lipinski definition) is 2. The van der Waals surface area contributed by atoms with Gasteiger partial charge in [0.15, 0.2) is 0 Å². The van der Waals surface area contributed by atoms with E-state index in [1.807, 2.05) is 6.07 Å². The molecule has 2 heteroatoms. The van der Waals surface area contributed by atoms with E-state index in [9.17, 15) is 4.79 Å². The summed E-state index contributed by atoms with van der Waals surface area (Å²) in [5.41, 5.74) is 7.60. The van der Waals surface area contributed by atoms with Gasteiger partial charge in [-0.25, -0.2) is 0 Å². The molecule has 138 valence electrons. The van der Waals surface area contributed by atoms with Crippen molar-refractivity contribution in [1.82, 2.24) is 0 Å². The molecule has 2 aromatic rings. The van der Waals surface area contributed by atoms with Crippen LogP contribution in [0.5, 0.6) is 5.75 Å². The minimum absolute atomic E-state index is 0.0658. The summed E-state index contributed by atoms with van der Waals surface area (Å²) in [5, 5.41) is 0. The zero-order valence-electron chi connectivity index (χ0n) is 16.5. The van der Waals surface area contributed by atoms with Gasteiger partial charge in [-0.1, -0.05) is 62.9 Å². The summed E-state index contributed by atoms with van der Waals surface area (Å²) in [5.74, 6) is 0.627. The molecule has 1 aliphatic rings. The molecule has 3 rings (SSSR count). The molecule has 1 heterocycles. The van der Waals surface area contributed by atoms with Crippen molar-refractivity contribution in [3.8, 4) is 16.9 Å². The molecule has 0 N–H and O–H groups in total. The highest BCUT2D eigenvalue weighted by Crippen LogP contribution is 2.44. The topological polar surface area (TPSA) is 26.3 Å². The van der Waals surface area contributed by atoms with Crippen LogP contribution in [0.25, 0.3) is 11.1 Å². The minimum atomic E-state index is -0.0949. The smallest absolute Gasteiger partial charge is 0.318 e. The van der Waals surface area contributed by atoms with Crippen molar-refractivity contribution in [3.05, 3.63) is 52.6 Å². The summed E-state index contributed by atoms with van der Waals surface area (Å²) in [6.45, 7) is 8.70. The molecule has 0 amide bonds. The molecule has 0 saturated carbocycles. The third-order valence-electron chi connectivity index (χ3n) is 5.46. The lowest BCUT2D eigenvalue weighted by atomic mass is 9.84. The van der Waals surface area contributed by atoms with Gasteiger partial charge >= 0.3 is 5.97 Å². The van der Waals surface area contributed by atoms with Crippen LogP contribution in [0.3, 0.4) is 0 Å². The number of ether oxygens (including phenoxy) is 1. The number of fused-ring (bicyclic) bond motifs is 1. The molecular formula is C24H30O2. The van der Waals surface area contributed by atoms with Crippen LogP contribution < -0.4 is 4.74 Å². The second kappa shape index (κ2) is 8.07. The Bertz CT molecular complexity index is 804. The molecule has 26 heavy (non-hydrogen) atoms. The predicted octanol–water partition coefficient (Wildman–Crippen LogP) is 6.51. The lowest BCUT2D eigenvalue weighted by Crippen LogP contribution is -2.11. The summed E-state index contributed by atoms with van der Waals surface area (Å²) in [6, 6.07) is 10.8. The average molecular weight is 351 g/mol. The monoisotopic (exact) mass is 350 g/mol. The molecule has 0 spiro atoms. The molecule has 0 radical (unpaired) electrons. The molecule has 2 nitrogen and oxygen atoms in total. The average Bonchev–Trinajstić information content (AvgIpc) is 2.93. The maximum Gasteiger partial charge on any atom is 0.318 e. The molecule has 0 fully saturated rings. The highest BCUT2D eigenvalue weighted by atomic mass is 16.5. The number of carbonyl (C=O) groups excluding carboxylic acids is 1. The molecule has 0 bridgehead atoms. The zero-order chi connectivity index (χ0) is 18.7. The Labute approximate surface area is 157 Å². The van der Waals surface area contributed by atoms with Crippen LogP contribution in [0, 0.1) is 13.8 Å². The molecular weight excluding hydrogens is 320 g/mol. The lowest BCUT2D eigenvalue weighted by Gasteiger charge is -2.18. The first-order chi connectivity index (χ1) is 12.6.